The van der Waals surface area contributed by atoms with E-state index in [2.05, 4.69) is 0 Å². The van der Waals surface area contributed by atoms with Crippen molar-refractivity contribution in [2.75, 3.05) is 13.7 Å². The second-order valence-electron chi connectivity index (χ2n) is 5.44. The van der Waals surface area contributed by atoms with Crippen molar-refractivity contribution in [3.8, 4) is 11.5 Å². The van der Waals surface area contributed by atoms with E-state index in [4.69, 9.17) is 9.47 Å². The number of carbonyl (C=O) groups excluding carboxylic acids is 1. The zero-order valence-corrected chi connectivity index (χ0v) is 13.6. The van der Waals surface area contributed by atoms with E-state index in [-0.39, 0.29) is 35.9 Å². The Kier molecular flexibility index (Phi) is 6.22. The normalized spacial score (nSPS) is 10.7. The first-order valence-electron chi connectivity index (χ1n) is 7.13. The summed E-state index contributed by atoms with van der Waals surface area (Å²) < 4.78 is 10.4. The van der Waals surface area contributed by atoms with Gasteiger partial charge in [-0.15, -0.1) is 0 Å². The summed E-state index contributed by atoms with van der Waals surface area (Å²) in [4.78, 5) is 25.2. The number of aromatic carboxylic acids is 1. The Morgan fingerprint density at radius 2 is 1.77 bits per heavy atom. The second kappa shape index (κ2) is 7.68. The number of methoxy groups -OCH3 is 1. The van der Waals surface area contributed by atoms with Crippen molar-refractivity contribution in [2.45, 2.75) is 39.8 Å². The number of hydrogen-bond donors (Lipinski definition) is 1. The highest BCUT2D eigenvalue weighted by Gasteiger charge is 2.21. The van der Waals surface area contributed by atoms with Crippen LogP contribution < -0.4 is 9.47 Å². The van der Waals surface area contributed by atoms with Crippen LogP contribution in [0.5, 0.6) is 11.5 Å². The summed E-state index contributed by atoms with van der Waals surface area (Å²) in [5.74, 6) is -0.751. The number of nitrogens with zero attached hydrogens (tertiary/aromatic N) is 1. The van der Waals surface area contributed by atoms with Gasteiger partial charge in [-0.2, -0.15) is 0 Å². The van der Waals surface area contributed by atoms with E-state index in [1.807, 2.05) is 27.7 Å². The quantitative estimate of drug-likeness (QED) is 0.837. The van der Waals surface area contributed by atoms with Crippen LogP contribution in [0.3, 0.4) is 0 Å². The molecule has 0 aliphatic carbocycles. The Morgan fingerprint density at radius 1 is 1.18 bits per heavy atom. The van der Waals surface area contributed by atoms with E-state index in [9.17, 15) is 14.7 Å². The first-order valence-corrected chi connectivity index (χ1v) is 7.13. The van der Waals surface area contributed by atoms with Gasteiger partial charge in [-0.05, 0) is 45.9 Å². The molecule has 0 aromatic heterocycles. The van der Waals surface area contributed by atoms with Crippen LogP contribution in [0.2, 0.25) is 0 Å². The summed E-state index contributed by atoms with van der Waals surface area (Å²) in [6.07, 6.45) is 0. The molecule has 1 rings (SSSR count). The molecular formula is C16H23NO5. The lowest BCUT2D eigenvalue weighted by Crippen LogP contribution is -2.44. The predicted octanol–water partition coefficient (Wildman–Crippen LogP) is 2.42. The molecule has 22 heavy (non-hydrogen) atoms. The minimum absolute atomic E-state index is 0.0345. The van der Waals surface area contributed by atoms with Gasteiger partial charge < -0.3 is 19.5 Å². The monoisotopic (exact) mass is 309 g/mol. The van der Waals surface area contributed by atoms with Gasteiger partial charge in [0.05, 0.1) is 7.11 Å². The lowest BCUT2D eigenvalue weighted by molar-refractivity contribution is -0.137. The summed E-state index contributed by atoms with van der Waals surface area (Å²) in [5, 5.41) is 9.21. The van der Waals surface area contributed by atoms with Crippen LogP contribution in [-0.2, 0) is 4.79 Å². The van der Waals surface area contributed by atoms with Crippen molar-refractivity contribution >= 4 is 11.9 Å². The third-order valence-corrected chi connectivity index (χ3v) is 3.17. The van der Waals surface area contributed by atoms with Gasteiger partial charge in [0.15, 0.2) is 6.61 Å². The highest BCUT2D eigenvalue weighted by Crippen LogP contribution is 2.24. The number of rotatable bonds is 7. The van der Waals surface area contributed by atoms with Crippen LogP contribution in [0.15, 0.2) is 18.2 Å². The maximum atomic E-state index is 12.2. The van der Waals surface area contributed by atoms with Crippen LogP contribution in [0, 0.1) is 0 Å². The van der Waals surface area contributed by atoms with Gasteiger partial charge in [0.25, 0.3) is 5.91 Å². The molecule has 0 aliphatic rings. The average Bonchev–Trinajstić information content (AvgIpc) is 2.43. The number of hydrogen-bond acceptors (Lipinski definition) is 4. The molecular weight excluding hydrogens is 286 g/mol. The molecule has 122 valence electrons. The van der Waals surface area contributed by atoms with Crippen LogP contribution in [0.1, 0.15) is 38.1 Å². The molecule has 0 heterocycles. The van der Waals surface area contributed by atoms with E-state index in [1.54, 1.807) is 11.0 Å². The molecule has 0 unspecified atom stereocenters. The zero-order chi connectivity index (χ0) is 16.9. The molecule has 0 radical (unpaired) electrons. The lowest BCUT2D eigenvalue weighted by Gasteiger charge is -2.30. The molecule has 0 bridgehead atoms. The van der Waals surface area contributed by atoms with Gasteiger partial charge in [-0.3, -0.25) is 4.79 Å². The molecule has 0 aliphatic heterocycles. The van der Waals surface area contributed by atoms with Crippen LogP contribution in [0.25, 0.3) is 0 Å². The van der Waals surface area contributed by atoms with Crippen LogP contribution in [-0.4, -0.2) is 47.7 Å². The largest absolute Gasteiger partial charge is 0.497 e. The number of carbonyl (C=O) groups is 2. The Balaban J connectivity index is 2.87. The average molecular weight is 309 g/mol. The van der Waals surface area contributed by atoms with Crippen LogP contribution in [0.4, 0.5) is 0 Å². The lowest BCUT2D eigenvalue weighted by atomic mass is 10.2. The number of carboxylic acid groups (broad SMARTS) is 1. The standard InChI is InChI=1S/C16H23NO5/c1-10(2)17(11(3)4)15(18)9-22-14-7-6-12(21-5)8-13(14)16(19)20/h6-8,10-11H,9H2,1-5H3,(H,19,20). The van der Waals surface area contributed by atoms with Crippen LogP contribution >= 0.6 is 0 Å². The molecule has 6 heteroatoms. The van der Waals surface area contributed by atoms with E-state index in [0.29, 0.717) is 5.75 Å². The van der Waals surface area contributed by atoms with Gasteiger partial charge in [0, 0.05) is 12.1 Å². The predicted molar refractivity (Wildman–Crippen MR) is 82.6 cm³/mol. The Bertz CT molecular complexity index is 531. The molecule has 0 saturated heterocycles. The molecule has 6 nitrogen and oxygen atoms in total. The van der Waals surface area contributed by atoms with Crippen molar-refractivity contribution in [1.82, 2.24) is 4.90 Å². The first-order chi connectivity index (χ1) is 10.3. The highest BCUT2D eigenvalue weighted by atomic mass is 16.5. The van der Waals surface area contributed by atoms with E-state index in [1.165, 1.54) is 19.2 Å². The summed E-state index contributed by atoms with van der Waals surface area (Å²) in [6.45, 7) is 7.49. The Labute approximate surface area is 130 Å². The van der Waals surface area contributed by atoms with Crippen molar-refractivity contribution in [2.24, 2.45) is 0 Å². The summed E-state index contributed by atoms with van der Waals surface area (Å²) in [5.41, 5.74) is -0.0345. The van der Waals surface area contributed by atoms with Gasteiger partial charge >= 0.3 is 5.97 Å². The van der Waals surface area contributed by atoms with Crippen molar-refractivity contribution in [3.05, 3.63) is 23.8 Å². The third kappa shape index (κ3) is 4.38. The maximum Gasteiger partial charge on any atom is 0.339 e. The number of amides is 1. The molecule has 1 aromatic carbocycles. The molecule has 0 atom stereocenters. The molecule has 1 amide bonds. The zero-order valence-electron chi connectivity index (χ0n) is 13.6. The molecule has 0 spiro atoms. The molecule has 1 aromatic rings. The molecule has 0 saturated carbocycles. The topological polar surface area (TPSA) is 76.1 Å². The summed E-state index contributed by atoms with van der Waals surface area (Å²) >= 11 is 0. The minimum Gasteiger partial charge on any atom is -0.497 e. The van der Waals surface area contributed by atoms with Gasteiger partial charge in [-0.25, -0.2) is 4.79 Å². The number of carboxylic acids is 1. The summed E-state index contributed by atoms with van der Waals surface area (Å²) in [7, 11) is 1.45. The Morgan fingerprint density at radius 3 is 2.23 bits per heavy atom. The van der Waals surface area contributed by atoms with Gasteiger partial charge in [0.2, 0.25) is 0 Å². The van der Waals surface area contributed by atoms with Gasteiger partial charge in [0.1, 0.15) is 17.1 Å². The fourth-order valence-electron chi connectivity index (χ4n) is 2.32. The first kappa shape index (κ1) is 17.8. The fourth-order valence-corrected chi connectivity index (χ4v) is 2.32. The summed E-state index contributed by atoms with van der Waals surface area (Å²) in [6, 6.07) is 4.54. The maximum absolute atomic E-state index is 12.2. The van der Waals surface area contributed by atoms with E-state index in [0.717, 1.165) is 0 Å². The molecule has 1 N–H and O–H groups in total. The van der Waals surface area contributed by atoms with Crippen molar-refractivity contribution in [3.63, 3.8) is 0 Å². The smallest absolute Gasteiger partial charge is 0.339 e. The number of ether oxygens (including phenoxy) is 2. The van der Waals surface area contributed by atoms with Crippen molar-refractivity contribution in [1.29, 1.82) is 0 Å². The van der Waals surface area contributed by atoms with Gasteiger partial charge in [-0.1, -0.05) is 0 Å². The third-order valence-electron chi connectivity index (χ3n) is 3.17. The minimum atomic E-state index is -1.13. The van der Waals surface area contributed by atoms with Crippen molar-refractivity contribution < 1.29 is 24.2 Å². The fraction of sp³-hybridized carbons (Fsp3) is 0.500. The van der Waals surface area contributed by atoms with E-state index >= 15 is 0 Å². The molecule has 0 fully saturated rings. The highest BCUT2D eigenvalue weighted by molar-refractivity contribution is 5.91. The number of benzene rings is 1. The second-order valence-corrected chi connectivity index (χ2v) is 5.44. The van der Waals surface area contributed by atoms with E-state index < -0.39 is 5.97 Å². The SMILES string of the molecule is COc1ccc(OCC(=O)N(C(C)C)C(C)C)c(C(=O)O)c1. The Hall–Kier alpha value is -2.24.